The van der Waals surface area contributed by atoms with Gasteiger partial charge in [0.05, 0.1) is 44.9 Å². The predicted octanol–water partition coefficient (Wildman–Crippen LogP) is 0.323. The van der Waals surface area contributed by atoms with Crippen LogP contribution in [0.25, 0.3) is 0 Å². The van der Waals surface area contributed by atoms with E-state index in [4.69, 9.17) is 0 Å². The molecule has 20 heteroatoms. The van der Waals surface area contributed by atoms with Crippen molar-refractivity contribution in [3.05, 3.63) is 0 Å². The number of nitrogens with zero attached hydrogens (tertiary/aromatic N) is 3. The Hall–Kier alpha value is -2.59. The van der Waals surface area contributed by atoms with Crippen LogP contribution in [0.15, 0.2) is 0 Å². The third kappa shape index (κ3) is 14.2. The number of hydrogen-bond donors (Lipinski definition) is 9. The standard InChI is InChI=1S/C41H67N5O14.Gd/c1-24(4-7-34(51)52)27-5-6-28-39-29(18-31(48)41(27,28)3)40(2)10-8-26(16-25(40)17-30(39)47)43-32(49)9-11-42-33(50)19-44(12-14-45(20-35(53)54)21-36(55)56)13-15-46(22-37(57)58)23-38(59)60;/h24-31,39,47-48H,4-23H2,1-3H3,(H,42,50)(H,43,49)(H,51,52)(H,53,54)(H,55,56)(H,57,58)(H,59,60);/q;+3/t24?,25?,26-,27+,28?,29?,30?,31-,39?,40-,41+;/m0./s1. The first-order valence-electron chi connectivity index (χ1n) is 21.3. The van der Waals surface area contributed by atoms with Gasteiger partial charge in [0, 0.05) is 51.6 Å². The second-order valence-corrected chi connectivity index (χ2v) is 18.4. The monoisotopic (exact) mass is 1010 g/mol. The molecule has 0 aromatic carbocycles. The quantitative estimate of drug-likeness (QED) is 0.0629. The van der Waals surface area contributed by atoms with Crippen molar-refractivity contribution in [1.82, 2.24) is 25.3 Å². The van der Waals surface area contributed by atoms with Gasteiger partial charge in [-0.05, 0) is 97.7 Å². The largest absolute Gasteiger partial charge is 3.00 e. The van der Waals surface area contributed by atoms with E-state index in [0.29, 0.717) is 25.7 Å². The molecule has 4 aliphatic carbocycles. The maximum absolute atomic E-state index is 13.1. The summed E-state index contributed by atoms with van der Waals surface area (Å²) in [5.74, 6) is -5.82. The Morgan fingerprint density at radius 2 is 1.20 bits per heavy atom. The summed E-state index contributed by atoms with van der Waals surface area (Å²) in [5.41, 5.74) is -0.519. The van der Waals surface area contributed by atoms with Crippen molar-refractivity contribution in [1.29, 1.82) is 0 Å². The Balaban J connectivity index is 0.00000992. The first-order valence-corrected chi connectivity index (χ1v) is 21.3. The smallest absolute Gasteiger partial charge is 0.481 e. The Bertz CT molecular complexity index is 1500. The fourth-order valence-corrected chi connectivity index (χ4v) is 11.7. The number of carbonyl (C=O) groups excluding carboxylic acids is 2. The van der Waals surface area contributed by atoms with Gasteiger partial charge in [0.15, 0.2) is 0 Å². The van der Waals surface area contributed by atoms with E-state index in [-0.39, 0.29) is 145 Å². The number of carbonyl (C=O) groups is 7. The molecule has 4 fully saturated rings. The molecule has 19 nitrogen and oxygen atoms in total. The summed E-state index contributed by atoms with van der Waals surface area (Å²) < 4.78 is 0. The molecule has 9 N–H and O–H groups in total. The zero-order chi connectivity index (χ0) is 44.5. The molecule has 4 saturated carbocycles. The topological polar surface area (TPSA) is 295 Å². The molecule has 4 aliphatic rings. The molecular formula is C41H67GdN5O14+3. The van der Waals surface area contributed by atoms with Crippen molar-refractivity contribution >= 4 is 41.7 Å². The molecule has 0 heterocycles. The molecule has 0 bridgehead atoms. The van der Waals surface area contributed by atoms with Crippen LogP contribution < -0.4 is 10.6 Å². The molecule has 61 heavy (non-hydrogen) atoms. The van der Waals surface area contributed by atoms with Gasteiger partial charge < -0.3 is 46.4 Å². The maximum Gasteiger partial charge on any atom is 3.00 e. The van der Waals surface area contributed by atoms with E-state index >= 15 is 0 Å². The zero-order valence-corrected chi connectivity index (χ0v) is 37.8. The molecule has 0 aliphatic heterocycles. The van der Waals surface area contributed by atoms with Crippen LogP contribution in [0.3, 0.4) is 0 Å². The number of carboxylic acids is 5. The van der Waals surface area contributed by atoms with Gasteiger partial charge in [-0.3, -0.25) is 48.3 Å². The Kier molecular flexibility index (Phi) is 20.2. The van der Waals surface area contributed by atoms with E-state index in [1.54, 1.807) is 0 Å². The maximum atomic E-state index is 13.1. The number of rotatable bonds is 24. The molecular weight excluding hydrogens is 944 g/mol. The number of aliphatic carboxylic acids is 5. The average molecular weight is 1010 g/mol. The summed E-state index contributed by atoms with van der Waals surface area (Å²) in [6.07, 6.45) is 4.77. The van der Waals surface area contributed by atoms with Crippen LogP contribution in [0.4, 0.5) is 0 Å². The van der Waals surface area contributed by atoms with Gasteiger partial charge in [0.1, 0.15) is 0 Å². The van der Waals surface area contributed by atoms with Crippen molar-refractivity contribution in [2.75, 3.05) is 65.4 Å². The third-order valence-corrected chi connectivity index (χ3v) is 14.7. The van der Waals surface area contributed by atoms with Gasteiger partial charge in [0.25, 0.3) is 0 Å². The number of fused-ring (bicyclic) bond motifs is 5. The van der Waals surface area contributed by atoms with Crippen LogP contribution in [0.2, 0.25) is 0 Å². The minimum atomic E-state index is -1.25. The molecule has 1 radical (unpaired) electrons. The van der Waals surface area contributed by atoms with Crippen LogP contribution in [-0.4, -0.2) is 176 Å². The molecule has 0 spiro atoms. The number of hydrogen-bond acceptors (Lipinski definition) is 12. The minimum Gasteiger partial charge on any atom is -0.481 e. The average Bonchev–Trinajstić information content (AvgIpc) is 3.49. The zero-order valence-electron chi connectivity index (χ0n) is 35.5. The molecule has 345 valence electrons. The fraction of sp³-hybridized carbons (Fsp3) is 0.829. The molecule has 11 atom stereocenters. The summed E-state index contributed by atoms with van der Waals surface area (Å²) in [7, 11) is 0. The summed E-state index contributed by atoms with van der Waals surface area (Å²) in [6, 6.07) is -0.130. The van der Waals surface area contributed by atoms with E-state index in [1.165, 1.54) is 4.90 Å². The number of nitrogens with one attached hydrogen (secondary N) is 2. The van der Waals surface area contributed by atoms with Gasteiger partial charge in [-0.1, -0.05) is 20.8 Å². The minimum absolute atomic E-state index is 0. The van der Waals surface area contributed by atoms with E-state index in [9.17, 15) is 69.3 Å². The van der Waals surface area contributed by atoms with Crippen molar-refractivity contribution in [3.63, 3.8) is 0 Å². The number of aliphatic hydroxyl groups excluding tert-OH is 2. The molecule has 6 unspecified atom stereocenters. The van der Waals surface area contributed by atoms with Crippen molar-refractivity contribution in [3.8, 4) is 0 Å². The molecule has 0 saturated heterocycles. The first-order chi connectivity index (χ1) is 28.1. The van der Waals surface area contributed by atoms with E-state index in [1.807, 2.05) is 0 Å². The van der Waals surface area contributed by atoms with E-state index < -0.39 is 79.6 Å². The van der Waals surface area contributed by atoms with Crippen LogP contribution in [0, 0.1) is 86.3 Å². The Labute approximate surface area is 389 Å². The van der Waals surface area contributed by atoms with Crippen LogP contribution in [0.1, 0.15) is 85.0 Å². The van der Waals surface area contributed by atoms with Crippen LogP contribution in [0.5, 0.6) is 0 Å². The Morgan fingerprint density at radius 1 is 0.656 bits per heavy atom. The third-order valence-electron chi connectivity index (χ3n) is 14.7. The summed E-state index contributed by atoms with van der Waals surface area (Å²) in [5, 5.41) is 75.5. The van der Waals surface area contributed by atoms with Crippen molar-refractivity contribution in [2.45, 2.75) is 103 Å². The molecule has 0 aromatic rings. The van der Waals surface area contributed by atoms with Crippen LogP contribution in [-0.2, 0) is 33.6 Å². The van der Waals surface area contributed by atoms with Crippen molar-refractivity contribution in [2.24, 2.45) is 46.3 Å². The molecule has 2 amide bonds. The predicted molar refractivity (Wildman–Crippen MR) is 213 cm³/mol. The second-order valence-electron chi connectivity index (χ2n) is 18.4. The Morgan fingerprint density at radius 3 is 1.72 bits per heavy atom. The van der Waals surface area contributed by atoms with Gasteiger partial charge >= 0.3 is 69.8 Å². The molecule has 0 aromatic heterocycles. The summed E-state index contributed by atoms with van der Waals surface area (Å²) in [6.45, 7) is 3.85. The number of carboxylic acid groups (broad SMARTS) is 5. The van der Waals surface area contributed by atoms with Gasteiger partial charge in [-0.15, -0.1) is 0 Å². The second kappa shape index (κ2) is 23.4. The first kappa shape index (κ1) is 52.8. The van der Waals surface area contributed by atoms with E-state index in [0.717, 1.165) is 35.5 Å². The van der Waals surface area contributed by atoms with Crippen LogP contribution >= 0.6 is 0 Å². The fourth-order valence-electron chi connectivity index (χ4n) is 11.7. The van der Waals surface area contributed by atoms with Gasteiger partial charge in [-0.25, -0.2) is 0 Å². The number of amides is 2. The SMILES string of the molecule is CC(CCC(=O)O)[C@H]1CCC2C3C(O)CC4C[C@@H](NC(=O)CCNC(=O)CN(CCN(CC(=O)O)CC(=O)O)CCN(CC(=O)O)CC(=O)O)CC[C@]4(C)C3C[C@H](O)[C@@]21C.[Gd+3]. The summed E-state index contributed by atoms with van der Waals surface area (Å²) >= 11 is 0. The van der Waals surface area contributed by atoms with Crippen molar-refractivity contribution < 1.29 is 109 Å². The van der Waals surface area contributed by atoms with Gasteiger partial charge in [-0.2, -0.15) is 0 Å². The summed E-state index contributed by atoms with van der Waals surface area (Å²) in [4.78, 5) is 86.5. The van der Waals surface area contributed by atoms with Gasteiger partial charge in [0.2, 0.25) is 11.8 Å². The van der Waals surface area contributed by atoms with E-state index in [2.05, 4.69) is 31.4 Å². The number of aliphatic hydroxyl groups is 2. The molecule has 4 rings (SSSR count). The normalized spacial score (nSPS) is 31.0.